The number of benzene rings is 2. The summed E-state index contributed by atoms with van der Waals surface area (Å²) >= 11 is 0. The van der Waals surface area contributed by atoms with Gasteiger partial charge < -0.3 is 15.4 Å². The third-order valence-electron chi connectivity index (χ3n) is 5.04. The number of unbranched alkanes of at least 4 members (excludes halogenated alkanes) is 1. The minimum absolute atomic E-state index is 0.00432. The van der Waals surface area contributed by atoms with E-state index in [1.165, 1.54) is 24.3 Å². The lowest BCUT2D eigenvalue weighted by molar-refractivity contribution is -0.121. The lowest BCUT2D eigenvalue weighted by Gasteiger charge is -2.19. The van der Waals surface area contributed by atoms with E-state index in [0.29, 0.717) is 25.9 Å². The number of rotatable bonds is 11. The summed E-state index contributed by atoms with van der Waals surface area (Å²) in [6, 6.07) is 12.7. The lowest BCUT2D eigenvalue weighted by Crippen LogP contribution is -2.32. The van der Waals surface area contributed by atoms with Gasteiger partial charge in [0.15, 0.2) is 0 Å². The lowest BCUT2D eigenvalue weighted by atomic mass is 9.87. The van der Waals surface area contributed by atoms with Gasteiger partial charge in [-0.3, -0.25) is 4.79 Å². The number of amides is 2. The molecule has 2 aromatic carbocycles. The van der Waals surface area contributed by atoms with Crippen molar-refractivity contribution < 1.29 is 23.1 Å². The molecular weight excluding hydrogens is 438 g/mol. The summed E-state index contributed by atoms with van der Waals surface area (Å²) in [5.41, 5.74) is 1.38. The van der Waals surface area contributed by atoms with Crippen LogP contribution >= 0.6 is 0 Å². The SMILES string of the molecule is CC(C)(C)OC(=O)NC/C=C\CNC(=O)CCCCC(c1ccc(F)cc1)c1ccc(F)cc1. The summed E-state index contributed by atoms with van der Waals surface area (Å²) in [7, 11) is 0. The number of hydrogen-bond donors (Lipinski definition) is 2. The molecule has 0 aromatic heterocycles. The van der Waals surface area contributed by atoms with Gasteiger partial charge in [-0.25, -0.2) is 13.6 Å². The van der Waals surface area contributed by atoms with E-state index in [0.717, 1.165) is 24.0 Å². The Hall–Kier alpha value is -3.22. The quantitative estimate of drug-likeness (QED) is 0.318. The van der Waals surface area contributed by atoms with Crippen LogP contribution in [0.25, 0.3) is 0 Å². The van der Waals surface area contributed by atoms with Crippen molar-refractivity contribution in [3.63, 3.8) is 0 Å². The van der Waals surface area contributed by atoms with Gasteiger partial charge in [-0.1, -0.05) is 42.8 Å². The molecule has 0 spiro atoms. The molecule has 2 aromatic rings. The Kier molecular flexibility index (Phi) is 10.7. The topological polar surface area (TPSA) is 67.4 Å². The van der Waals surface area contributed by atoms with Crippen molar-refractivity contribution in [3.8, 4) is 0 Å². The largest absolute Gasteiger partial charge is 0.444 e. The first-order chi connectivity index (χ1) is 16.1. The second-order valence-corrected chi connectivity index (χ2v) is 9.06. The molecule has 0 unspecified atom stereocenters. The van der Waals surface area contributed by atoms with Crippen LogP contribution in [0.2, 0.25) is 0 Å². The van der Waals surface area contributed by atoms with Gasteiger partial charge in [-0.15, -0.1) is 0 Å². The minimum atomic E-state index is -0.542. The second-order valence-electron chi connectivity index (χ2n) is 9.06. The van der Waals surface area contributed by atoms with Crippen LogP contribution in [-0.2, 0) is 9.53 Å². The van der Waals surface area contributed by atoms with Gasteiger partial charge in [-0.2, -0.15) is 0 Å². The van der Waals surface area contributed by atoms with E-state index >= 15 is 0 Å². The van der Waals surface area contributed by atoms with Crippen molar-refractivity contribution in [1.82, 2.24) is 10.6 Å². The van der Waals surface area contributed by atoms with Crippen molar-refractivity contribution >= 4 is 12.0 Å². The van der Waals surface area contributed by atoms with Gasteiger partial charge >= 0.3 is 6.09 Å². The summed E-state index contributed by atoms with van der Waals surface area (Å²) in [5, 5.41) is 5.43. The number of carbonyl (C=O) groups is 2. The van der Waals surface area contributed by atoms with Crippen molar-refractivity contribution in [3.05, 3.63) is 83.4 Å². The van der Waals surface area contributed by atoms with E-state index in [-0.39, 0.29) is 23.5 Å². The van der Waals surface area contributed by atoms with Gasteiger partial charge in [0, 0.05) is 25.4 Å². The molecular formula is C27H34F2N2O3. The third-order valence-corrected chi connectivity index (χ3v) is 5.04. The average Bonchev–Trinajstić information content (AvgIpc) is 2.76. The van der Waals surface area contributed by atoms with Crippen molar-refractivity contribution in [1.29, 1.82) is 0 Å². The first-order valence-electron chi connectivity index (χ1n) is 11.5. The average molecular weight is 473 g/mol. The van der Waals surface area contributed by atoms with Gasteiger partial charge in [0.1, 0.15) is 17.2 Å². The predicted molar refractivity (Wildman–Crippen MR) is 129 cm³/mol. The van der Waals surface area contributed by atoms with Gasteiger partial charge in [0.05, 0.1) is 0 Å². The molecule has 0 radical (unpaired) electrons. The number of carbonyl (C=O) groups excluding carboxylic acids is 2. The fourth-order valence-corrected chi connectivity index (χ4v) is 3.43. The zero-order chi connectivity index (χ0) is 25.0. The van der Waals surface area contributed by atoms with E-state index in [1.807, 2.05) is 0 Å². The van der Waals surface area contributed by atoms with Crippen LogP contribution in [0, 0.1) is 11.6 Å². The van der Waals surface area contributed by atoms with Crippen LogP contribution in [-0.4, -0.2) is 30.7 Å². The molecule has 184 valence electrons. The monoisotopic (exact) mass is 472 g/mol. The van der Waals surface area contributed by atoms with Crippen LogP contribution in [0.3, 0.4) is 0 Å². The summed E-state index contributed by atoms with van der Waals surface area (Å²) in [6.45, 7) is 6.08. The molecule has 34 heavy (non-hydrogen) atoms. The van der Waals surface area contributed by atoms with Crippen LogP contribution in [0.4, 0.5) is 13.6 Å². The van der Waals surface area contributed by atoms with Gasteiger partial charge in [0.2, 0.25) is 5.91 Å². The molecule has 0 atom stereocenters. The Balaban J connectivity index is 1.71. The van der Waals surface area contributed by atoms with Crippen LogP contribution in [0.1, 0.15) is 63.5 Å². The highest BCUT2D eigenvalue weighted by molar-refractivity contribution is 5.75. The van der Waals surface area contributed by atoms with Crippen molar-refractivity contribution in [2.75, 3.05) is 13.1 Å². The minimum Gasteiger partial charge on any atom is -0.444 e. The maximum atomic E-state index is 13.3. The summed E-state index contributed by atoms with van der Waals surface area (Å²) in [4.78, 5) is 23.6. The summed E-state index contributed by atoms with van der Waals surface area (Å²) in [5.74, 6) is -0.643. The second kappa shape index (κ2) is 13.5. The van der Waals surface area contributed by atoms with Crippen LogP contribution in [0.5, 0.6) is 0 Å². The highest BCUT2D eigenvalue weighted by Crippen LogP contribution is 2.30. The van der Waals surface area contributed by atoms with Gasteiger partial charge in [0.25, 0.3) is 0 Å². The first-order valence-corrected chi connectivity index (χ1v) is 11.5. The molecule has 0 bridgehead atoms. The highest BCUT2D eigenvalue weighted by Gasteiger charge is 2.16. The Bertz CT molecular complexity index is 890. The fraction of sp³-hybridized carbons (Fsp3) is 0.407. The molecule has 0 saturated carbocycles. The molecule has 0 aliphatic heterocycles. The molecule has 0 aliphatic rings. The Morgan fingerprint density at radius 2 is 1.35 bits per heavy atom. The Labute approximate surface area is 200 Å². The number of alkyl carbamates (subject to hydrolysis) is 1. The molecule has 0 saturated heterocycles. The molecule has 0 aliphatic carbocycles. The van der Waals surface area contributed by atoms with Crippen molar-refractivity contribution in [2.24, 2.45) is 0 Å². The molecule has 0 fully saturated rings. The zero-order valence-corrected chi connectivity index (χ0v) is 20.1. The fourth-order valence-electron chi connectivity index (χ4n) is 3.43. The molecule has 2 amide bonds. The van der Waals surface area contributed by atoms with Crippen LogP contribution in [0.15, 0.2) is 60.7 Å². The molecule has 0 heterocycles. The first kappa shape index (κ1) is 27.0. The number of ether oxygens (including phenoxy) is 1. The Morgan fingerprint density at radius 3 is 1.85 bits per heavy atom. The van der Waals surface area contributed by atoms with Crippen molar-refractivity contribution in [2.45, 2.75) is 58.0 Å². The number of hydrogen-bond acceptors (Lipinski definition) is 3. The van der Waals surface area contributed by atoms with Gasteiger partial charge in [-0.05, 0) is 69.0 Å². The number of nitrogens with one attached hydrogen (secondary N) is 2. The van der Waals surface area contributed by atoms with E-state index in [2.05, 4.69) is 10.6 Å². The smallest absolute Gasteiger partial charge is 0.407 e. The van der Waals surface area contributed by atoms with E-state index in [9.17, 15) is 18.4 Å². The maximum Gasteiger partial charge on any atom is 0.407 e. The molecule has 2 rings (SSSR count). The summed E-state index contributed by atoms with van der Waals surface area (Å²) in [6.07, 6.45) is 5.69. The van der Waals surface area contributed by atoms with E-state index in [1.54, 1.807) is 57.2 Å². The maximum absolute atomic E-state index is 13.3. The third kappa shape index (κ3) is 10.6. The summed E-state index contributed by atoms with van der Waals surface area (Å²) < 4.78 is 31.8. The number of halogens is 2. The molecule has 5 nitrogen and oxygen atoms in total. The highest BCUT2D eigenvalue weighted by atomic mass is 19.1. The molecule has 2 N–H and O–H groups in total. The Morgan fingerprint density at radius 1 is 0.853 bits per heavy atom. The standard InChI is InChI=1S/C27H34F2N2O3/c1-27(2,3)34-26(33)31-19-7-6-18-30-25(32)9-5-4-8-24(20-10-14-22(28)15-11-20)21-12-16-23(29)17-13-21/h6-7,10-17,24H,4-5,8-9,18-19H2,1-3H3,(H,30,32)(H,31,33)/b7-6-. The predicted octanol–water partition coefficient (Wildman–Crippen LogP) is 5.85. The van der Waals surface area contributed by atoms with Crippen LogP contribution < -0.4 is 10.6 Å². The zero-order valence-electron chi connectivity index (χ0n) is 20.1. The van der Waals surface area contributed by atoms with E-state index in [4.69, 9.17) is 4.74 Å². The molecule has 7 heteroatoms. The normalized spacial score (nSPS) is 11.6. The van der Waals surface area contributed by atoms with E-state index < -0.39 is 11.7 Å².